The van der Waals surface area contributed by atoms with Crippen LogP contribution in [0.4, 0.5) is 10.5 Å². The molecule has 0 spiro atoms. The molecule has 4 aromatic rings. The average Bonchev–Trinajstić information content (AvgIpc) is 3.49. The molecule has 5 rings (SSSR count). The molecule has 0 unspecified atom stereocenters. The van der Waals surface area contributed by atoms with Gasteiger partial charge in [0.05, 0.1) is 10.7 Å². The third-order valence-corrected chi connectivity index (χ3v) is 6.06. The van der Waals surface area contributed by atoms with Crippen molar-refractivity contribution in [3.63, 3.8) is 0 Å². The molecule has 1 fully saturated rings. The summed E-state index contributed by atoms with van der Waals surface area (Å²) in [6.45, 7) is 1.60. The number of rotatable bonds is 3. The van der Waals surface area contributed by atoms with E-state index in [1.54, 1.807) is 17.4 Å². The normalized spacial score (nSPS) is 13.9. The standard InChI is InChI=1S/C21H18ClN5OS/c22-18-4-3-16(24-21(28)26-6-1-2-7-26)9-17(18)19-12-27-11-15(10-23-20(27)25-19)14-5-8-29-13-14/h3-5,8-13H,1-2,6-7H2,(H,24,28). The van der Waals surface area contributed by atoms with Crippen LogP contribution in [0.5, 0.6) is 0 Å². The second-order valence-electron chi connectivity index (χ2n) is 7.01. The summed E-state index contributed by atoms with van der Waals surface area (Å²) < 4.78 is 1.90. The van der Waals surface area contributed by atoms with E-state index in [4.69, 9.17) is 11.6 Å². The first-order valence-corrected chi connectivity index (χ1v) is 10.7. The summed E-state index contributed by atoms with van der Waals surface area (Å²) in [5.74, 6) is 0.599. The van der Waals surface area contributed by atoms with Crippen molar-refractivity contribution in [2.24, 2.45) is 0 Å². The Bertz CT molecular complexity index is 1180. The highest BCUT2D eigenvalue weighted by Gasteiger charge is 2.18. The molecule has 4 heterocycles. The largest absolute Gasteiger partial charge is 0.325 e. The number of nitrogens with zero attached hydrogens (tertiary/aromatic N) is 4. The number of imidazole rings is 1. The maximum Gasteiger partial charge on any atom is 0.321 e. The average molecular weight is 424 g/mol. The molecule has 2 amide bonds. The maximum atomic E-state index is 12.4. The van der Waals surface area contributed by atoms with Gasteiger partial charge in [0.25, 0.3) is 0 Å². The van der Waals surface area contributed by atoms with Gasteiger partial charge in [-0.25, -0.2) is 14.8 Å². The first-order chi connectivity index (χ1) is 14.2. The van der Waals surface area contributed by atoms with Crippen LogP contribution in [-0.2, 0) is 0 Å². The molecule has 0 saturated carbocycles. The Labute approximate surface area is 176 Å². The molecule has 0 aliphatic carbocycles. The molecule has 1 saturated heterocycles. The zero-order valence-electron chi connectivity index (χ0n) is 15.5. The number of benzene rings is 1. The molecular formula is C21H18ClN5OS. The second kappa shape index (κ2) is 7.50. The van der Waals surface area contributed by atoms with Gasteiger partial charge < -0.3 is 10.2 Å². The van der Waals surface area contributed by atoms with E-state index < -0.39 is 0 Å². The molecule has 1 aliphatic heterocycles. The summed E-state index contributed by atoms with van der Waals surface area (Å²) in [4.78, 5) is 23.3. The molecule has 1 aliphatic rings. The number of thiophene rings is 1. The van der Waals surface area contributed by atoms with E-state index >= 15 is 0 Å². The highest BCUT2D eigenvalue weighted by atomic mass is 35.5. The lowest BCUT2D eigenvalue weighted by molar-refractivity contribution is 0.222. The molecule has 6 nitrogen and oxygen atoms in total. The van der Waals surface area contributed by atoms with Crippen molar-refractivity contribution in [2.75, 3.05) is 18.4 Å². The Balaban J connectivity index is 1.46. The lowest BCUT2D eigenvalue weighted by atomic mass is 10.1. The zero-order chi connectivity index (χ0) is 19.8. The van der Waals surface area contributed by atoms with Crippen LogP contribution in [0.15, 0.2) is 53.6 Å². The molecule has 3 aromatic heterocycles. The number of anilines is 1. The molecule has 0 bridgehead atoms. The SMILES string of the molecule is O=C(Nc1ccc(Cl)c(-c2cn3cc(-c4ccsc4)cnc3n2)c1)N1CCCC1. The third kappa shape index (κ3) is 3.59. The summed E-state index contributed by atoms with van der Waals surface area (Å²) in [5, 5.41) is 7.67. The van der Waals surface area contributed by atoms with Gasteiger partial charge in [-0.3, -0.25) is 4.40 Å². The van der Waals surface area contributed by atoms with Gasteiger partial charge in [0.1, 0.15) is 0 Å². The maximum absolute atomic E-state index is 12.4. The molecule has 8 heteroatoms. The van der Waals surface area contributed by atoms with Crippen LogP contribution in [0.1, 0.15) is 12.8 Å². The van der Waals surface area contributed by atoms with Crippen molar-refractivity contribution in [3.05, 3.63) is 58.6 Å². The topological polar surface area (TPSA) is 62.5 Å². The number of fused-ring (bicyclic) bond motifs is 1. The van der Waals surface area contributed by atoms with E-state index in [0.29, 0.717) is 22.2 Å². The van der Waals surface area contributed by atoms with Crippen LogP contribution in [0, 0.1) is 0 Å². The van der Waals surface area contributed by atoms with Crippen LogP contribution >= 0.6 is 22.9 Å². The van der Waals surface area contributed by atoms with E-state index in [2.05, 4.69) is 26.7 Å². The molecule has 29 heavy (non-hydrogen) atoms. The highest BCUT2D eigenvalue weighted by molar-refractivity contribution is 7.08. The van der Waals surface area contributed by atoms with Crippen molar-refractivity contribution < 1.29 is 4.79 Å². The van der Waals surface area contributed by atoms with Gasteiger partial charge in [-0.1, -0.05) is 11.6 Å². The van der Waals surface area contributed by atoms with Crippen molar-refractivity contribution >= 4 is 40.4 Å². The predicted molar refractivity (Wildman–Crippen MR) is 117 cm³/mol. The van der Waals surface area contributed by atoms with Gasteiger partial charge in [-0.15, -0.1) is 0 Å². The molecule has 1 N–H and O–H groups in total. The fourth-order valence-electron chi connectivity index (χ4n) is 3.51. The third-order valence-electron chi connectivity index (χ3n) is 5.05. The number of hydrogen-bond acceptors (Lipinski definition) is 4. The van der Waals surface area contributed by atoms with Gasteiger partial charge in [0.2, 0.25) is 5.78 Å². The highest BCUT2D eigenvalue weighted by Crippen LogP contribution is 2.31. The van der Waals surface area contributed by atoms with Crippen molar-refractivity contribution in [3.8, 4) is 22.4 Å². The smallest absolute Gasteiger partial charge is 0.321 e. The number of carbonyl (C=O) groups is 1. The number of hydrogen-bond donors (Lipinski definition) is 1. The van der Waals surface area contributed by atoms with E-state index in [1.807, 2.05) is 45.4 Å². The summed E-state index contributed by atoms with van der Waals surface area (Å²) in [7, 11) is 0. The summed E-state index contributed by atoms with van der Waals surface area (Å²) in [6, 6.07) is 7.44. The molecule has 0 radical (unpaired) electrons. The van der Waals surface area contributed by atoms with Gasteiger partial charge in [-0.05, 0) is 53.4 Å². The van der Waals surface area contributed by atoms with Crippen LogP contribution in [-0.4, -0.2) is 38.4 Å². The Hall–Kier alpha value is -2.90. The Morgan fingerprint density at radius 3 is 2.79 bits per heavy atom. The predicted octanol–water partition coefficient (Wildman–Crippen LogP) is 5.41. The fourth-order valence-corrected chi connectivity index (χ4v) is 4.39. The molecule has 1 aromatic carbocycles. The van der Waals surface area contributed by atoms with Gasteiger partial charge in [0, 0.05) is 48.5 Å². The fraction of sp³-hybridized carbons (Fsp3) is 0.190. The molecule has 0 atom stereocenters. The number of carbonyl (C=O) groups excluding carboxylic acids is 1. The molecule has 146 valence electrons. The summed E-state index contributed by atoms with van der Waals surface area (Å²) in [6.07, 6.45) is 7.85. The minimum Gasteiger partial charge on any atom is -0.325 e. The number of halogens is 1. The van der Waals surface area contributed by atoms with Crippen LogP contribution in [0.3, 0.4) is 0 Å². The van der Waals surface area contributed by atoms with Gasteiger partial charge in [-0.2, -0.15) is 11.3 Å². The van der Waals surface area contributed by atoms with Crippen molar-refractivity contribution in [1.29, 1.82) is 0 Å². The van der Waals surface area contributed by atoms with Gasteiger partial charge >= 0.3 is 6.03 Å². The summed E-state index contributed by atoms with van der Waals surface area (Å²) >= 11 is 8.09. The van der Waals surface area contributed by atoms with E-state index in [0.717, 1.165) is 42.6 Å². The first-order valence-electron chi connectivity index (χ1n) is 9.40. The lowest BCUT2D eigenvalue weighted by Crippen LogP contribution is -2.32. The van der Waals surface area contributed by atoms with E-state index in [1.165, 1.54) is 0 Å². The minimum atomic E-state index is -0.0761. The Morgan fingerprint density at radius 1 is 1.14 bits per heavy atom. The van der Waals surface area contributed by atoms with Crippen molar-refractivity contribution in [2.45, 2.75) is 12.8 Å². The number of likely N-dealkylation sites (tertiary alicyclic amines) is 1. The van der Waals surface area contributed by atoms with Crippen LogP contribution in [0.25, 0.3) is 28.2 Å². The quantitative estimate of drug-likeness (QED) is 0.479. The van der Waals surface area contributed by atoms with Gasteiger partial charge in [0.15, 0.2) is 0 Å². The Morgan fingerprint density at radius 2 is 2.00 bits per heavy atom. The number of aromatic nitrogens is 3. The monoisotopic (exact) mass is 423 g/mol. The van der Waals surface area contributed by atoms with Crippen molar-refractivity contribution in [1.82, 2.24) is 19.3 Å². The van der Waals surface area contributed by atoms with Crippen LogP contribution < -0.4 is 5.32 Å². The first kappa shape index (κ1) is 18.1. The number of urea groups is 1. The summed E-state index contributed by atoms with van der Waals surface area (Å²) in [5.41, 5.74) is 4.32. The van der Waals surface area contributed by atoms with E-state index in [9.17, 15) is 4.79 Å². The number of nitrogens with one attached hydrogen (secondary N) is 1. The molecular weight excluding hydrogens is 406 g/mol. The van der Waals surface area contributed by atoms with E-state index in [-0.39, 0.29) is 6.03 Å². The van der Waals surface area contributed by atoms with Crippen LogP contribution in [0.2, 0.25) is 5.02 Å². The lowest BCUT2D eigenvalue weighted by Gasteiger charge is -2.16. The second-order valence-corrected chi connectivity index (χ2v) is 8.19. The minimum absolute atomic E-state index is 0.0761. The number of amides is 2. The Kier molecular flexibility index (Phi) is 4.69. The zero-order valence-corrected chi connectivity index (χ0v) is 17.1.